The Morgan fingerprint density at radius 2 is 2.58 bits per heavy atom. The van der Waals surface area contributed by atoms with Crippen molar-refractivity contribution in [2.45, 2.75) is 31.7 Å². The zero-order chi connectivity index (χ0) is 8.39. The highest BCUT2D eigenvalue weighted by molar-refractivity contribution is 4.99. The molecule has 0 aliphatic carbocycles. The molecule has 2 heterocycles. The van der Waals surface area contributed by atoms with Gasteiger partial charge in [-0.15, -0.1) is 5.10 Å². The van der Waals surface area contributed by atoms with E-state index in [4.69, 9.17) is 5.73 Å². The monoisotopic (exact) mass is 166 g/mol. The summed E-state index contributed by atoms with van der Waals surface area (Å²) in [6, 6.07) is 0.501. The van der Waals surface area contributed by atoms with Gasteiger partial charge in [-0.05, 0) is 32.2 Å². The van der Waals surface area contributed by atoms with E-state index < -0.39 is 0 Å². The Morgan fingerprint density at radius 1 is 1.67 bits per heavy atom. The molecule has 66 valence electrons. The third-order valence-electron chi connectivity index (χ3n) is 2.47. The highest BCUT2D eigenvalue weighted by atomic mass is 15.4. The van der Waals surface area contributed by atoms with Gasteiger partial charge in [0.15, 0.2) is 0 Å². The first kappa shape index (κ1) is 7.73. The van der Waals surface area contributed by atoms with E-state index in [1.807, 2.05) is 10.9 Å². The maximum Gasteiger partial charge on any atom is 0.0725 e. The minimum atomic E-state index is 0.501. The lowest BCUT2D eigenvalue weighted by Crippen LogP contribution is -2.21. The molecular formula is C8H14N4. The Labute approximate surface area is 71.8 Å². The van der Waals surface area contributed by atoms with E-state index in [1.165, 1.54) is 18.5 Å². The average Bonchev–Trinajstić information content (AvgIpc) is 2.53. The van der Waals surface area contributed by atoms with E-state index in [1.54, 1.807) is 0 Å². The molecule has 1 aliphatic rings. The normalized spacial score (nSPS) is 22.2. The summed E-state index contributed by atoms with van der Waals surface area (Å²) >= 11 is 0. The van der Waals surface area contributed by atoms with Gasteiger partial charge in [0.25, 0.3) is 0 Å². The Kier molecular flexibility index (Phi) is 2.08. The summed E-state index contributed by atoms with van der Waals surface area (Å²) in [6.07, 6.45) is 6.46. The number of nitrogens with two attached hydrogens (primary N) is 1. The SMILES string of the molecule is NCCC1CCCc2cnnn21. The highest BCUT2D eigenvalue weighted by Gasteiger charge is 2.19. The van der Waals surface area contributed by atoms with Crippen LogP contribution < -0.4 is 5.73 Å². The molecule has 4 heteroatoms. The van der Waals surface area contributed by atoms with Crippen molar-refractivity contribution >= 4 is 0 Å². The van der Waals surface area contributed by atoms with Crippen LogP contribution in [0.15, 0.2) is 6.20 Å². The van der Waals surface area contributed by atoms with E-state index in [9.17, 15) is 0 Å². The summed E-state index contributed by atoms with van der Waals surface area (Å²) in [6.45, 7) is 0.740. The molecule has 2 N–H and O–H groups in total. The summed E-state index contributed by atoms with van der Waals surface area (Å²) in [5.74, 6) is 0. The second kappa shape index (κ2) is 3.23. The van der Waals surface area contributed by atoms with Gasteiger partial charge in [-0.25, -0.2) is 4.68 Å². The summed E-state index contributed by atoms with van der Waals surface area (Å²) in [7, 11) is 0. The number of rotatable bonds is 2. The van der Waals surface area contributed by atoms with Crippen molar-refractivity contribution in [2.75, 3.05) is 6.54 Å². The van der Waals surface area contributed by atoms with Crippen LogP contribution in [0.25, 0.3) is 0 Å². The van der Waals surface area contributed by atoms with Gasteiger partial charge in [-0.2, -0.15) is 0 Å². The molecule has 1 unspecified atom stereocenters. The summed E-state index contributed by atoms with van der Waals surface area (Å²) in [5, 5.41) is 7.98. The lowest BCUT2D eigenvalue weighted by molar-refractivity contribution is 0.344. The molecule has 0 bridgehead atoms. The van der Waals surface area contributed by atoms with Crippen LogP contribution in [-0.2, 0) is 6.42 Å². The van der Waals surface area contributed by atoms with Crippen LogP contribution in [0.5, 0.6) is 0 Å². The quantitative estimate of drug-likeness (QED) is 0.696. The van der Waals surface area contributed by atoms with Gasteiger partial charge in [0.2, 0.25) is 0 Å². The zero-order valence-electron chi connectivity index (χ0n) is 7.11. The van der Waals surface area contributed by atoms with Crippen LogP contribution in [0, 0.1) is 0 Å². The topological polar surface area (TPSA) is 56.7 Å². The first-order chi connectivity index (χ1) is 5.92. The fourth-order valence-electron chi connectivity index (χ4n) is 1.85. The maximum absolute atomic E-state index is 5.52. The van der Waals surface area contributed by atoms with Gasteiger partial charge in [0, 0.05) is 0 Å². The second-order valence-corrected chi connectivity index (χ2v) is 3.29. The smallest absolute Gasteiger partial charge is 0.0725 e. The minimum Gasteiger partial charge on any atom is -0.330 e. The number of fused-ring (bicyclic) bond motifs is 1. The van der Waals surface area contributed by atoms with E-state index in [-0.39, 0.29) is 0 Å². The third-order valence-corrected chi connectivity index (χ3v) is 2.47. The number of aryl methyl sites for hydroxylation is 1. The van der Waals surface area contributed by atoms with Crippen molar-refractivity contribution in [3.05, 3.63) is 11.9 Å². The predicted molar refractivity (Wildman–Crippen MR) is 45.7 cm³/mol. The first-order valence-electron chi connectivity index (χ1n) is 4.51. The number of nitrogens with zero attached hydrogens (tertiary/aromatic N) is 3. The van der Waals surface area contributed by atoms with Crippen LogP contribution in [0.1, 0.15) is 31.0 Å². The van der Waals surface area contributed by atoms with Crippen molar-refractivity contribution in [2.24, 2.45) is 5.73 Å². The van der Waals surface area contributed by atoms with Gasteiger partial charge in [0.05, 0.1) is 17.9 Å². The van der Waals surface area contributed by atoms with Crippen LogP contribution >= 0.6 is 0 Å². The van der Waals surface area contributed by atoms with Crippen molar-refractivity contribution in [3.63, 3.8) is 0 Å². The van der Waals surface area contributed by atoms with Gasteiger partial charge < -0.3 is 5.73 Å². The van der Waals surface area contributed by atoms with Gasteiger partial charge in [-0.3, -0.25) is 0 Å². The average molecular weight is 166 g/mol. The number of aromatic nitrogens is 3. The van der Waals surface area contributed by atoms with E-state index in [0.29, 0.717) is 6.04 Å². The molecule has 0 aromatic carbocycles. The van der Waals surface area contributed by atoms with Gasteiger partial charge in [0.1, 0.15) is 0 Å². The zero-order valence-corrected chi connectivity index (χ0v) is 7.11. The molecule has 0 saturated heterocycles. The minimum absolute atomic E-state index is 0.501. The van der Waals surface area contributed by atoms with Crippen molar-refractivity contribution in [1.82, 2.24) is 15.0 Å². The molecule has 0 spiro atoms. The van der Waals surface area contributed by atoms with Crippen molar-refractivity contribution < 1.29 is 0 Å². The fourth-order valence-corrected chi connectivity index (χ4v) is 1.85. The lowest BCUT2D eigenvalue weighted by Gasteiger charge is -2.22. The highest BCUT2D eigenvalue weighted by Crippen LogP contribution is 2.24. The molecule has 1 aromatic heterocycles. The fraction of sp³-hybridized carbons (Fsp3) is 0.750. The molecule has 2 rings (SSSR count). The third kappa shape index (κ3) is 1.22. The van der Waals surface area contributed by atoms with Gasteiger partial charge >= 0.3 is 0 Å². The lowest BCUT2D eigenvalue weighted by atomic mass is 10.0. The van der Waals surface area contributed by atoms with E-state index in [0.717, 1.165) is 19.4 Å². The van der Waals surface area contributed by atoms with E-state index >= 15 is 0 Å². The van der Waals surface area contributed by atoms with E-state index in [2.05, 4.69) is 10.3 Å². The molecule has 0 amide bonds. The van der Waals surface area contributed by atoms with Crippen LogP contribution in [0.4, 0.5) is 0 Å². The predicted octanol–water partition coefficient (Wildman–Crippen LogP) is 0.504. The molecule has 0 saturated carbocycles. The Morgan fingerprint density at radius 3 is 3.42 bits per heavy atom. The molecule has 12 heavy (non-hydrogen) atoms. The Hall–Kier alpha value is -0.900. The molecule has 1 atom stereocenters. The van der Waals surface area contributed by atoms with Crippen molar-refractivity contribution in [3.8, 4) is 0 Å². The standard InChI is InChI=1S/C8H14N4/c9-5-4-7-2-1-3-8-6-10-11-12(7)8/h6-7H,1-5,9H2. The van der Waals surface area contributed by atoms with Crippen LogP contribution in [0.2, 0.25) is 0 Å². The first-order valence-corrected chi connectivity index (χ1v) is 4.51. The Bertz CT molecular complexity index is 255. The second-order valence-electron chi connectivity index (χ2n) is 3.29. The van der Waals surface area contributed by atoms with Crippen LogP contribution in [-0.4, -0.2) is 21.5 Å². The summed E-state index contributed by atoms with van der Waals surface area (Å²) in [4.78, 5) is 0. The van der Waals surface area contributed by atoms with Gasteiger partial charge in [-0.1, -0.05) is 5.21 Å². The maximum atomic E-state index is 5.52. The molecule has 4 nitrogen and oxygen atoms in total. The number of hydrogen-bond donors (Lipinski definition) is 1. The van der Waals surface area contributed by atoms with Crippen molar-refractivity contribution in [1.29, 1.82) is 0 Å². The summed E-state index contributed by atoms with van der Waals surface area (Å²) < 4.78 is 2.04. The summed E-state index contributed by atoms with van der Waals surface area (Å²) in [5.41, 5.74) is 6.79. The van der Waals surface area contributed by atoms with Crippen LogP contribution in [0.3, 0.4) is 0 Å². The largest absolute Gasteiger partial charge is 0.330 e. The number of hydrogen-bond acceptors (Lipinski definition) is 3. The molecular weight excluding hydrogens is 152 g/mol. The molecule has 1 aliphatic heterocycles. The Balaban J connectivity index is 2.19. The molecule has 0 fully saturated rings. The molecule has 0 radical (unpaired) electrons. The molecule has 1 aromatic rings.